The zero-order valence-corrected chi connectivity index (χ0v) is 12.0. The fourth-order valence-corrected chi connectivity index (χ4v) is 1.92. The van der Waals surface area contributed by atoms with Gasteiger partial charge in [0.15, 0.2) is 0 Å². The molecule has 0 unspecified atom stereocenters. The van der Waals surface area contributed by atoms with Crippen molar-refractivity contribution in [3.05, 3.63) is 67.8 Å². The lowest BCUT2D eigenvalue weighted by Crippen LogP contribution is -2.30. The molecule has 8 nitrogen and oxygen atoms in total. The van der Waals surface area contributed by atoms with Crippen molar-refractivity contribution >= 4 is 23.2 Å². The van der Waals surface area contributed by atoms with E-state index < -0.39 is 10.8 Å². The van der Waals surface area contributed by atoms with E-state index in [-0.39, 0.29) is 34.9 Å². The molecule has 0 saturated carbocycles. The first-order valence-electron chi connectivity index (χ1n) is 6.21. The summed E-state index contributed by atoms with van der Waals surface area (Å²) >= 11 is 5.68. The van der Waals surface area contributed by atoms with Crippen LogP contribution in [0.1, 0.15) is 10.4 Å². The summed E-state index contributed by atoms with van der Waals surface area (Å²) in [5.41, 5.74) is -0.446. The van der Waals surface area contributed by atoms with Gasteiger partial charge >= 0.3 is 0 Å². The number of nitro benzene ring substituents is 1. The number of carbonyl (C=O) groups is 1. The maximum atomic E-state index is 11.9. The zero-order chi connectivity index (χ0) is 16.1. The van der Waals surface area contributed by atoms with Crippen LogP contribution >= 0.6 is 11.6 Å². The second-order valence-corrected chi connectivity index (χ2v) is 4.70. The molecule has 1 amide bonds. The molecule has 0 saturated heterocycles. The molecular formula is C13H11ClN4O4. The van der Waals surface area contributed by atoms with Gasteiger partial charge in [0.1, 0.15) is 5.02 Å². The molecular weight excluding hydrogens is 312 g/mol. The van der Waals surface area contributed by atoms with Gasteiger partial charge in [-0.1, -0.05) is 11.6 Å². The smallest absolute Gasteiger partial charge is 0.288 e. The predicted octanol–water partition coefficient (Wildman–Crippen LogP) is 1.23. The topological polar surface area (TPSA) is 107 Å². The lowest BCUT2D eigenvalue weighted by atomic mass is 10.2. The molecule has 0 radical (unpaired) electrons. The Morgan fingerprint density at radius 3 is 2.86 bits per heavy atom. The van der Waals surface area contributed by atoms with Crippen LogP contribution < -0.4 is 10.9 Å². The van der Waals surface area contributed by atoms with Crippen LogP contribution in [0, 0.1) is 10.1 Å². The number of amides is 1. The van der Waals surface area contributed by atoms with Gasteiger partial charge in [0.25, 0.3) is 17.2 Å². The summed E-state index contributed by atoms with van der Waals surface area (Å²) < 4.78 is 1.34. The monoisotopic (exact) mass is 322 g/mol. The molecule has 0 aliphatic carbocycles. The van der Waals surface area contributed by atoms with Gasteiger partial charge in [-0.15, -0.1) is 0 Å². The highest BCUT2D eigenvalue weighted by Crippen LogP contribution is 2.24. The Morgan fingerprint density at radius 1 is 1.41 bits per heavy atom. The van der Waals surface area contributed by atoms with E-state index in [1.54, 1.807) is 0 Å². The van der Waals surface area contributed by atoms with Gasteiger partial charge in [-0.3, -0.25) is 24.3 Å². The summed E-state index contributed by atoms with van der Waals surface area (Å²) in [7, 11) is 0. The standard InChI is InChI=1S/C13H11ClN4O4/c14-10-2-1-9(7-11(10)18(21)22)13(20)16-5-6-17-8-15-4-3-12(17)19/h1-4,7-8H,5-6H2,(H,16,20). The lowest BCUT2D eigenvalue weighted by Gasteiger charge is -2.07. The summed E-state index contributed by atoms with van der Waals surface area (Å²) in [6.07, 6.45) is 2.74. The summed E-state index contributed by atoms with van der Waals surface area (Å²) in [5, 5.41) is 13.3. The number of hydrogen-bond acceptors (Lipinski definition) is 5. The number of aromatic nitrogens is 2. The number of nitrogens with one attached hydrogen (secondary N) is 1. The summed E-state index contributed by atoms with van der Waals surface area (Å²) in [4.78, 5) is 37.3. The molecule has 114 valence electrons. The number of carbonyl (C=O) groups excluding carboxylic acids is 1. The normalized spacial score (nSPS) is 10.2. The second-order valence-electron chi connectivity index (χ2n) is 4.29. The van der Waals surface area contributed by atoms with Crippen molar-refractivity contribution in [2.24, 2.45) is 0 Å². The number of rotatable bonds is 5. The van der Waals surface area contributed by atoms with E-state index in [2.05, 4.69) is 10.3 Å². The highest BCUT2D eigenvalue weighted by atomic mass is 35.5. The second kappa shape index (κ2) is 6.81. The molecule has 1 N–H and O–H groups in total. The number of nitro groups is 1. The molecule has 0 fully saturated rings. The van der Waals surface area contributed by atoms with Crippen LogP contribution in [0.4, 0.5) is 5.69 Å². The summed E-state index contributed by atoms with van der Waals surface area (Å²) in [6, 6.07) is 5.10. The Balaban J connectivity index is 2.01. The zero-order valence-electron chi connectivity index (χ0n) is 11.2. The molecule has 22 heavy (non-hydrogen) atoms. The van der Waals surface area contributed by atoms with E-state index in [0.717, 1.165) is 6.07 Å². The van der Waals surface area contributed by atoms with E-state index in [4.69, 9.17) is 11.6 Å². The molecule has 1 heterocycles. The third-order valence-electron chi connectivity index (χ3n) is 2.84. The van der Waals surface area contributed by atoms with Crippen LogP contribution in [0.2, 0.25) is 5.02 Å². The predicted molar refractivity (Wildman–Crippen MR) is 78.9 cm³/mol. The number of hydrogen-bond donors (Lipinski definition) is 1. The number of halogens is 1. The Hall–Kier alpha value is -2.74. The van der Waals surface area contributed by atoms with Gasteiger partial charge in [-0.05, 0) is 12.1 Å². The summed E-state index contributed by atoms with van der Waals surface area (Å²) in [5.74, 6) is -0.489. The Bertz CT molecular complexity index is 775. The van der Waals surface area contributed by atoms with E-state index >= 15 is 0 Å². The molecule has 1 aromatic carbocycles. The largest absolute Gasteiger partial charge is 0.350 e. The minimum atomic E-state index is -0.658. The Morgan fingerprint density at radius 2 is 2.18 bits per heavy atom. The fourth-order valence-electron chi connectivity index (χ4n) is 1.73. The van der Waals surface area contributed by atoms with E-state index in [1.807, 2.05) is 0 Å². The Kier molecular flexibility index (Phi) is 4.84. The van der Waals surface area contributed by atoms with Gasteiger partial charge in [-0.2, -0.15) is 0 Å². The van der Waals surface area contributed by atoms with E-state index in [0.29, 0.717) is 0 Å². The first-order valence-corrected chi connectivity index (χ1v) is 6.59. The van der Waals surface area contributed by atoms with Gasteiger partial charge < -0.3 is 5.32 Å². The third-order valence-corrected chi connectivity index (χ3v) is 3.16. The van der Waals surface area contributed by atoms with Crippen LogP contribution in [-0.2, 0) is 6.54 Å². The fraction of sp³-hybridized carbons (Fsp3) is 0.154. The molecule has 1 aromatic heterocycles. The van der Waals surface area contributed by atoms with Crippen molar-refractivity contribution in [3.63, 3.8) is 0 Å². The number of nitrogens with zero attached hydrogens (tertiary/aromatic N) is 3. The molecule has 0 atom stereocenters. The molecule has 0 spiro atoms. The first kappa shape index (κ1) is 15.6. The van der Waals surface area contributed by atoms with E-state index in [9.17, 15) is 19.7 Å². The Labute approximate surface area is 129 Å². The van der Waals surface area contributed by atoms with Crippen molar-refractivity contribution < 1.29 is 9.72 Å². The SMILES string of the molecule is O=C(NCCn1cnccc1=O)c1ccc(Cl)c([N+](=O)[O-])c1. The number of benzene rings is 1. The average molecular weight is 323 g/mol. The molecule has 2 rings (SSSR count). The quantitative estimate of drug-likeness (QED) is 0.658. The lowest BCUT2D eigenvalue weighted by molar-refractivity contribution is -0.384. The first-order chi connectivity index (χ1) is 10.5. The van der Waals surface area contributed by atoms with Gasteiger partial charge in [0.2, 0.25) is 0 Å². The van der Waals surface area contributed by atoms with Crippen LogP contribution in [0.25, 0.3) is 0 Å². The van der Waals surface area contributed by atoms with E-state index in [1.165, 1.54) is 35.3 Å². The maximum Gasteiger partial charge on any atom is 0.288 e. The minimum Gasteiger partial charge on any atom is -0.350 e. The average Bonchev–Trinajstić information content (AvgIpc) is 2.49. The van der Waals surface area contributed by atoms with Gasteiger partial charge in [-0.25, -0.2) is 4.98 Å². The molecule has 2 aromatic rings. The van der Waals surface area contributed by atoms with Crippen molar-refractivity contribution in [1.82, 2.24) is 14.9 Å². The van der Waals surface area contributed by atoms with Gasteiger partial charge in [0, 0.05) is 37.0 Å². The third kappa shape index (κ3) is 3.67. The highest BCUT2D eigenvalue weighted by Gasteiger charge is 2.15. The highest BCUT2D eigenvalue weighted by molar-refractivity contribution is 6.32. The molecule has 0 aliphatic rings. The van der Waals surface area contributed by atoms with Crippen molar-refractivity contribution in [1.29, 1.82) is 0 Å². The van der Waals surface area contributed by atoms with Crippen LogP contribution in [0.15, 0.2) is 41.6 Å². The van der Waals surface area contributed by atoms with Crippen molar-refractivity contribution in [2.45, 2.75) is 6.54 Å². The molecule has 0 bridgehead atoms. The van der Waals surface area contributed by atoms with Gasteiger partial charge in [0.05, 0.1) is 11.3 Å². The summed E-state index contributed by atoms with van der Waals surface area (Å²) in [6.45, 7) is 0.426. The van der Waals surface area contributed by atoms with Crippen LogP contribution in [0.3, 0.4) is 0 Å². The van der Waals surface area contributed by atoms with Crippen molar-refractivity contribution in [2.75, 3.05) is 6.54 Å². The molecule has 0 aliphatic heterocycles. The van der Waals surface area contributed by atoms with Crippen LogP contribution in [0.5, 0.6) is 0 Å². The minimum absolute atomic E-state index is 0.0385. The van der Waals surface area contributed by atoms with Crippen LogP contribution in [-0.4, -0.2) is 26.9 Å². The molecule has 9 heteroatoms. The maximum absolute atomic E-state index is 11.9. The van der Waals surface area contributed by atoms with Crippen molar-refractivity contribution in [3.8, 4) is 0 Å².